The van der Waals surface area contributed by atoms with Crippen LogP contribution in [0.1, 0.15) is 11.1 Å². The largest absolute Gasteiger partial charge is 0.508 e. The van der Waals surface area contributed by atoms with E-state index in [1.54, 1.807) is 0 Å². The Morgan fingerprint density at radius 1 is 1.10 bits per heavy atom. The van der Waals surface area contributed by atoms with Crippen molar-refractivity contribution in [3.05, 3.63) is 53.3 Å². The molecule has 0 amide bonds. The lowest BCUT2D eigenvalue weighted by atomic mass is 10.1. The van der Waals surface area contributed by atoms with E-state index in [4.69, 9.17) is 9.47 Å². The number of halogens is 1. The summed E-state index contributed by atoms with van der Waals surface area (Å²) in [4.78, 5) is 0. The van der Waals surface area contributed by atoms with Crippen LogP contribution in [-0.2, 0) is 13.1 Å². The van der Waals surface area contributed by atoms with Gasteiger partial charge in [0.2, 0.25) is 6.79 Å². The van der Waals surface area contributed by atoms with Crippen LogP contribution >= 0.6 is 0 Å². The number of fused-ring (bicyclic) bond motifs is 1. The summed E-state index contributed by atoms with van der Waals surface area (Å²) in [5.41, 5.74) is 1.49. The Hall–Kier alpha value is -2.27. The molecule has 0 fully saturated rings. The number of phenolic OH excluding ortho intramolecular Hbond substituents is 1. The maximum Gasteiger partial charge on any atom is 0.231 e. The first-order valence-electron chi connectivity index (χ1n) is 6.29. The zero-order valence-corrected chi connectivity index (χ0v) is 10.7. The number of ether oxygens (including phenoxy) is 2. The standard InChI is InChI=1S/C15H14FNO3/c16-12-4-5-13(18)11(6-12)8-17-7-10-2-1-3-14-15(10)20-9-19-14/h1-6,17-18H,7-9H2. The van der Waals surface area contributed by atoms with Gasteiger partial charge in [0.25, 0.3) is 0 Å². The number of hydrogen-bond acceptors (Lipinski definition) is 4. The van der Waals surface area contributed by atoms with Crippen molar-refractivity contribution in [3.63, 3.8) is 0 Å². The quantitative estimate of drug-likeness (QED) is 0.900. The third-order valence-electron chi connectivity index (χ3n) is 3.15. The molecule has 0 radical (unpaired) electrons. The third-order valence-corrected chi connectivity index (χ3v) is 3.15. The molecule has 0 aliphatic carbocycles. The van der Waals surface area contributed by atoms with E-state index in [1.165, 1.54) is 18.2 Å². The topological polar surface area (TPSA) is 50.7 Å². The van der Waals surface area contributed by atoms with E-state index in [0.29, 0.717) is 18.7 Å². The highest BCUT2D eigenvalue weighted by atomic mass is 19.1. The lowest BCUT2D eigenvalue weighted by Gasteiger charge is -2.09. The van der Waals surface area contributed by atoms with Gasteiger partial charge in [-0.1, -0.05) is 12.1 Å². The second-order valence-corrected chi connectivity index (χ2v) is 4.53. The first-order valence-corrected chi connectivity index (χ1v) is 6.29. The van der Waals surface area contributed by atoms with Gasteiger partial charge in [0.05, 0.1) is 0 Å². The van der Waals surface area contributed by atoms with Gasteiger partial charge in [-0.15, -0.1) is 0 Å². The summed E-state index contributed by atoms with van der Waals surface area (Å²) in [6.07, 6.45) is 0. The van der Waals surface area contributed by atoms with Crippen LogP contribution in [0.2, 0.25) is 0 Å². The van der Waals surface area contributed by atoms with Crippen molar-refractivity contribution >= 4 is 0 Å². The molecule has 3 rings (SSSR count). The molecule has 0 aromatic heterocycles. The van der Waals surface area contributed by atoms with Crippen molar-refractivity contribution in [2.45, 2.75) is 13.1 Å². The molecule has 0 atom stereocenters. The molecule has 1 aliphatic heterocycles. The Kier molecular flexibility index (Phi) is 3.43. The fraction of sp³-hybridized carbons (Fsp3) is 0.200. The van der Waals surface area contributed by atoms with Crippen molar-refractivity contribution in [1.82, 2.24) is 5.32 Å². The van der Waals surface area contributed by atoms with Gasteiger partial charge in [0, 0.05) is 24.2 Å². The summed E-state index contributed by atoms with van der Waals surface area (Å²) < 4.78 is 23.8. The van der Waals surface area contributed by atoms with Crippen LogP contribution in [0.15, 0.2) is 36.4 Å². The van der Waals surface area contributed by atoms with Gasteiger partial charge in [-0.2, -0.15) is 0 Å². The van der Waals surface area contributed by atoms with Crippen LogP contribution in [-0.4, -0.2) is 11.9 Å². The molecular weight excluding hydrogens is 261 g/mol. The first kappa shape index (κ1) is 12.7. The van der Waals surface area contributed by atoms with Crippen molar-refractivity contribution in [2.75, 3.05) is 6.79 Å². The average molecular weight is 275 g/mol. The molecular formula is C15H14FNO3. The molecule has 104 valence electrons. The lowest BCUT2D eigenvalue weighted by Crippen LogP contribution is -2.13. The molecule has 5 heteroatoms. The maximum atomic E-state index is 13.1. The second-order valence-electron chi connectivity index (χ2n) is 4.53. The van der Waals surface area contributed by atoms with Crippen molar-refractivity contribution in [2.24, 2.45) is 0 Å². The maximum absolute atomic E-state index is 13.1. The van der Waals surface area contributed by atoms with E-state index < -0.39 is 0 Å². The van der Waals surface area contributed by atoms with Crippen LogP contribution in [0.25, 0.3) is 0 Å². The van der Waals surface area contributed by atoms with Crippen LogP contribution in [0.5, 0.6) is 17.2 Å². The predicted octanol–water partition coefficient (Wildman–Crippen LogP) is 2.55. The number of nitrogens with one attached hydrogen (secondary N) is 1. The van der Waals surface area contributed by atoms with E-state index in [2.05, 4.69) is 5.32 Å². The highest BCUT2D eigenvalue weighted by Crippen LogP contribution is 2.35. The van der Waals surface area contributed by atoms with Gasteiger partial charge in [0.15, 0.2) is 11.5 Å². The van der Waals surface area contributed by atoms with Crippen molar-refractivity contribution in [1.29, 1.82) is 0 Å². The lowest BCUT2D eigenvalue weighted by molar-refractivity contribution is 0.173. The second kappa shape index (κ2) is 5.38. The molecule has 1 aliphatic rings. The Bertz CT molecular complexity index is 631. The fourth-order valence-electron chi connectivity index (χ4n) is 2.16. The fourth-order valence-corrected chi connectivity index (χ4v) is 2.16. The number of para-hydroxylation sites is 1. The Balaban J connectivity index is 1.66. The number of benzene rings is 2. The number of hydrogen-bond donors (Lipinski definition) is 2. The first-order chi connectivity index (χ1) is 9.74. The molecule has 1 heterocycles. The van der Waals surface area contributed by atoms with E-state index in [9.17, 15) is 9.50 Å². The van der Waals surface area contributed by atoms with E-state index in [1.807, 2.05) is 18.2 Å². The highest BCUT2D eigenvalue weighted by molar-refractivity contribution is 5.48. The SMILES string of the molecule is Oc1ccc(F)cc1CNCc1cccc2c1OCO2. The summed E-state index contributed by atoms with van der Waals surface area (Å²) in [5, 5.41) is 12.8. The van der Waals surface area contributed by atoms with Gasteiger partial charge < -0.3 is 19.9 Å². The summed E-state index contributed by atoms with van der Waals surface area (Å²) in [5.74, 6) is 1.19. The smallest absolute Gasteiger partial charge is 0.231 e. The van der Waals surface area contributed by atoms with Gasteiger partial charge in [0.1, 0.15) is 11.6 Å². The monoisotopic (exact) mass is 275 g/mol. The Labute approximate surface area is 115 Å². The minimum atomic E-state index is -0.364. The van der Waals surface area contributed by atoms with Crippen LogP contribution in [0, 0.1) is 5.82 Å². The molecule has 2 aromatic carbocycles. The van der Waals surface area contributed by atoms with Crippen LogP contribution in [0.4, 0.5) is 4.39 Å². The summed E-state index contributed by atoms with van der Waals surface area (Å²) in [7, 11) is 0. The van der Waals surface area contributed by atoms with Crippen LogP contribution in [0.3, 0.4) is 0 Å². The number of aromatic hydroxyl groups is 1. The normalized spacial score (nSPS) is 12.7. The van der Waals surface area contributed by atoms with Gasteiger partial charge in [-0.05, 0) is 24.3 Å². The third kappa shape index (κ3) is 2.53. The summed E-state index contributed by atoms with van der Waals surface area (Å²) in [6.45, 7) is 1.15. The molecule has 2 N–H and O–H groups in total. The van der Waals surface area contributed by atoms with Crippen LogP contribution < -0.4 is 14.8 Å². The van der Waals surface area contributed by atoms with Gasteiger partial charge in [-0.3, -0.25) is 0 Å². The molecule has 4 nitrogen and oxygen atoms in total. The molecule has 0 spiro atoms. The minimum absolute atomic E-state index is 0.0803. The van der Waals surface area contributed by atoms with Gasteiger partial charge in [-0.25, -0.2) is 4.39 Å². The molecule has 0 bridgehead atoms. The Morgan fingerprint density at radius 2 is 1.95 bits per heavy atom. The number of rotatable bonds is 4. The molecule has 0 unspecified atom stereocenters. The minimum Gasteiger partial charge on any atom is -0.508 e. The molecule has 2 aromatic rings. The van der Waals surface area contributed by atoms with E-state index >= 15 is 0 Å². The summed E-state index contributed by atoms with van der Waals surface area (Å²) >= 11 is 0. The van der Waals surface area contributed by atoms with E-state index in [0.717, 1.165) is 17.1 Å². The van der Waals surface area contributed by atoms with E-state index in [-0.39, 0.29) is 18.4 Å². The zero-order chi connectivity index (χ0) is 13.9. The molecule has 0 saturated carbocycles. The summed E-state index contributed by atoms with van der Waals surface area (Å²) in [6, 6.07) is 9.58. The van der Waals surface area contributed by atoms with Crippen molar-refractivity contribution < 1.29 is 19.0 Å². The number of phenols is 1. The van der Waals surface area contributed by atoms with Crippen molar-refractivity contribution in [3.8, 4) is 17.2 Å². The molecule has 0 saturated heterocycles. The average Bonchev–Trinajstić information content (AvgIpc) is 2.92. The highest BCUT2D eigenvalue weighted by Gasteiger charge is 2.16. The predicted molar refractivity (Wildman–Crippen MR) is 71.2 cm³/mol. The molecule has 20 heavy (non-hydrogen) atoms. The zero-order valence-electron chi connectivity index (χ0n) is 10.7. The van der Waals surface area contributed by atoms with Gasteiger partial charge >= 0.3 is 0 Å². The Morgan fingerprint density at radius 3 is 2.85 bits per heavy atom.